The van der Waals surface area contributed by atoms with E-state index in [0.29, 0.717) is 17.8 Å². The molecular weight excluding hydrogens is 350 g/mol. The molecule has 0 spiro atoms. The molecule has 28 heavy (non-hydrogen) atoms. The van der Waals surface area contributed by atoms with Crippen molar-refractivity contribution in [2.45, 2.75) is 25.4 Å². The molecule has 1 saturated heterocycles. The maximum absolute atomic E-state index is 5.95. The zero-order valence-electron chi connectivity index (χ0n) is 15.9. The van der Waals surface area contributed by atoms with Crippen molar-refractivity contribution < 1.29 is 0 Å². The summed E-state index contributed by atoms with van der Waals surface area (Å²) < 4.78 is 0. The number of para-hydroxylation sites is 2. The summed E-state index contributed by atoms with van der Waals surface area (Å²) in [5, 5.41) is 6.80. The van der Waals surface area contributed by atoms with Gasteiger partial charge in [-0.05, 0) is 37.6 Å². The molecule has 7 nitrogen and oxygen atoms in total. The predicted octanol–water partition coefficient (Wildman–Crippen LogP) is 3.44. The van der Waals surface area contributed by atoms with Crippen LogP contribution in [0.25, 0.3) is 0 Å². The molecule has 0 saturated carbocycles. The van der Waals surface area contributed by atoms with Crippen LogP contribution in [0.5, 0.6) is 0 Å². The summed E-state index contributed by atoms with van der Waals surface area (Å²) in [6, 6.07) is 20.6. The molecule has 2 heterocycles. The molecule has 2 aromatic carbocycles. The molecule has 4 rings (SSSR count). The van der Waals surface area contributed by atoms with Crippen molar-refractivity contribution >= 4 is 23.3 Å². The van der Waals surface area contributed by atoms with Crippen LogP contribution in [0, 0.1) is 0 Å². The standard InChI is InChI=1S/C21H25N7/c1-15(28-13-12-18(14-28)23-16-8-4-2-5-9-16)19-25-20(22)27-21(26-19)24-17-10-6-3-7-11-17/h2-11,15,18,23H,12-14H2,1H3,(H3,22,24,25,26,27). The van der Waals surface area contributed by atoms with Crippen LogP contribution >= 0.6 is 0 Å². The first-order valence-corrected chi connectivity index (χ1v) is 9.56. The van der Waals surface area contributed by atoms with Gasteiger partial charge in [-0.3, -0.25) is 4.90 Å². The van der Waals surface area contributed by atoms with E-state index in [0.717, 1.165) is 30.9 Å². The second-order valence-electron chi connectivity index (χ2n) is 7.03. The van der Waals surface area contributed by atoms with Gasteiger partial charge < -0.3 is 16.4 Å². The summed E-state index contributed by atoms with van der Waals surface area (Å²) in [5.74, 6) is 1.39. The molecule has 2 atom stereocenters. The largest absolute Gasteiger partial charge is 0.381 e. The number of nitrogen functional groups attached to an aromatic ring is 1. The zero-order chi connectivity index (χ0) is 19.3. The summed E-state index contributed by atoms with van der Waals surface area (Å²) >= 11 is 0. The molecule has 144 valence electrons. The summed E-state index contributed by atoms with van der Waals surface area (Å²) in [5.41, 5.74) is 8.02. The van der Waals surface area contributed by atoms with Crippen molar-refractivity contribution in [2.24, 2.45) is 0 Å². The van der Waals surface area contributed by atoms with Crippen LogP contribution in [-0.4, -0.2) is 39.0 Å². The fraction of sp³-hybridized carbons (Fsp3) is 0.286. The van der Waals surface area contributed by atoms with Gasteiger partial charge in [0.25, 0.3) is 0 Å². The number of rotatable bonds is 6. The topological polar surface area (TPSA) is 92.0 Å². The van der Waals surface area contributed by atoms with Crippen molar-refractivity contribution in [1.29, 1.82) is 0 Å². The third-order valence-electron chi connectivity index (χ3n) is 4.99. The van der Waals surface area contributed by atoms with Gasteiger partial charge in [-0.2, -0.15) is 15.0 Å². The van der Waals surface area contributed by atoms with E-state index < -0.39 is 0 Å². The van der Waals surface area contributed by atoms with E-state index in [1.54, 1.807) is 0 Å². The smallest absolute Gasteiger partial charge is 0.232 e. The van der Waals surface area contributed by atoms with Gasteiger partial charge in [-0.25, -0.2) is 0 Å². The highest BCUT2D eigenvalue weighted by molar-refractivity contribution is 5.53. The van der Waals surface area contributed by atoms with Crippen LogP contribution in [0.2, 0.25) is 0 Å². The first kappa shape index (κ1) is 18.2. The Morgan fingerprint density at radius 1 is 0.964 bits per heavy atom. The quantitative estimate of drug-likeness (QED) is 0.608. The second-order valence-corrected chi connectivity index (χ2v) is 7.03. The molecule has 1 aliphatic rings. The SMILES string of the molecule is CC(c1nc(N)nc(Nc2ccccc2)n1)N1CCC(Nc2ccccc2)C1. The molecular formula is C21H25N7. The van der Waals surface area contributed by atoms with Gasteiger partial charge in [-0.15, -0.1) is 0 Å². The molecule has 4 N–H and O–H groups in total. The Kier molecular flexibility index (Phi) is 5.34. The molecule has 0 amide bonds. The monoisotopic (exact) mass is 375 g/mol. The van der Waals surface area contributed by atoms with Crippen molar-refractivity contribution in [3.63, 3.8) is 0 Å². The Hall–Kier alpha value is -3.19. The van der Waals surface area contributed by atoms with Gasteiger partial charge in [0.05, 0.1) is 6.04 Å². The van der Waals surface area contributed by atoms with E-state index in [1.165, 1.54) is 0 Å². The number of nitrogens with two attached hydrogens (primary N) is 1. The Morgan fingerprint density at radius 3 is 2.36 bits per heavy atom. The normalized spacial score (nSPS) is 18.0. The van der Waals surface area contributed by atoms with Crippen molar-refractivity contribution in [1.82, 2.24) is 19.9 Å². The van der Waals surface area contributed by atoms with E-state index >= 15 is 0 Å². The van der Waals surface area contributed by atoms with E-state index in [1.807, 2.05) is 48.5 Å². The highest BCUT2D eigenvalue weighted by Crippen LogP contribution is 2.25. The average Bonchev–Trinajstić information content (AvgIpc) is 3.17. The van der Waals surface area contributed by atoms with Crippen LogP contribution in [0.4, 0.5) is 23.3 Å². The number of nitrogens with one attached hydrogen (secondary N) is 2. The van der Waals surface area contributed by atoms with Gasteiger partial charge in [-0.1, -0.05) is 36.4 Å². The minimum absolute atomic E-state index is 0.0594. The van der Waals surface area contributed by atoms with Crippen molar-refractivity contribution in [3.8, 4) is 0 Å². The third kappa shape index (κ3) is 4.37. The molecule has 0 bridgehead atoms. The lowest BCUT2D eigenvalue weighted by molar-refractivity contribution is 0.251. The van der Waals surface area contributed by atoms with E-state index in [-0.39, 0.29) is 12.0 Å². The number of aromatic nitrogens is 3. The van der Waals surface area contributed by atoms with Crippen LogP contribution in [-0.2, 0) is 0 Å². The molecule has 0 aliphatic carbocycles. The maximum Gasteiger partial charge on any atom is 0.232 e. The fourth-order valence-electron chi connectivity index (χ4n) is 3.49. The molecule has 7 heteroatoms. The van der Waals surface area contributed by atoms with Gasteiger partial charge in [0, 0.05) is 30.5 Å². The molecule has 1 aliphatic heterocycles. The van der Waals surface area contributed by atoms with Crippen molar-refractivity contribution in [2.75, 3.05) is 29.5 Å². The summed E-state index contributed by atoms with van der Waals surface area (Å²) in [6.07, 6.45) is 1.08. The van der Waals surface area contributed by atoms with Crippen LogP contribution in [0.3, 0.4) is 0 Å². The Bertz CT molecular complexity index is 901. The van der Waals surface area contributed by atoms with Gasteiger partial charge in [0.15, 0.2) is 5.82 Å². The first-order valence-electron chi connectivity index (χ1n) is 9.56. The predicted molar refractivity (Wildman–Crippen MR) is 112 cm³/mol. The van der Waals surface area contributed by atoms with E-state index in [9.17, 15) is 0 Å². The van der Waals surface area contributed by atoms with Crippen LogP contribution in [0.15, 0.2) is 60.7 Å². The third-order valence-corrected chi connectivity index (χ3v) is 4.99. The highest BCUT2D eigenvalue weighted by Gasteiger charge is 2.28. The van der Waals surface area contributed by atoms with E-state index in [2.05, 4.69) is 49.5 Å². The maximum atomic E-state index is 5.95. The number of nitrogens with zero attached hydrogens (tertiary/aromatic N) is 4. The highest BCUT2D eigenvalue weighted by atomic mass is 15.3. The molecule has 2 unspecified atom stereocenters. The minimum Gasteiger partial charge on any atom is -0.381 e. The van der Waals surface area contributed by atoms with Gasteiger partial charge >= 0.3 is 0 Å². The Balaban J connectivity index is 1.43. The van der Waals surface area contributed by atoms with Crippen molar-refractivity contribution in [3.05, 3.63) is 66.5 Å². The minimum atomic E-state index is 0.0594. The lowest BCUT2D eigenvalue weighted by Gasteiger charge is -2.23. The lowest BCUT2D eigenvalue weighted by Crippen LogP contribution is -2.29. The number of benzene rings is 2. The van der Waals surface area contributed by atoms with Crippen LogP contribution in [0.1, 0.15) is 25.2 Å². The Morgan fingerprint density at radius 2 is 1.64 bits per heavy atom. The lowest BCUT2D eigenvalue weighted by atomic mass is 10.2. The number of anilines is 4. The number of hydrogen-bond donors (Lipinski definition) is 3. The Labute approximate surface area is 165 Å². The summed E-state index contributed by atoms with van der Waals surface area (Å²) in [7, 11) is 0. The first-order chi connectivity index (χ1) is 13.7. The zero-order valence-corrected chi connectivity index (χ0v) is 15.9. The summed E-state index contributed by atoms with van der Waals surface area (Å²) in [4.78, 5) is 15.6. The van der Waals surface area contributed by atoms with Crippen LogP contribution < -0.4 is 16.4 Å². The fourth-order valence-corrected chi connectivity index (χ4v) is 3.49. The number of likely N-dealkylation sites (tertiary alicyclic amines) is 1. The molecule has 0 radical (unpaired) electrons. The van der Waals surface area contributed by atoms with Gasteiger partial charge in [0.1, 0.15) is 0 Å². The van der Waals surface area contributed by atoms with Gasteiger partial charge in [0.2, 0.25) is 11.9 Å². The molecule has 3 aromatic rings. The second kappa shape index (κ2) is 8.22. The average molecular weight is 375 g/mol. The molecule has 1 aromatic heterocycles. The van der Waals surface area contributed by atoms with E-state index in [4.69, 9.17) is 5.73 Å². The molecule has 1 fully saturated rings. The summed E-state index contributed by atoms with van der Waals surface area (Å²) in [6.45, 7) is 4.04. The number of hydrogen-bond acceptors (Lipinski definition) is 7.